The van der Waals surface area contributed by atoms with Crippen molar-refractivity contribution in [1.29, 1.82) is 0 Å². The zero-order valence-electron chi connectivity index (χ0n) is 16.3. The van der Waals surface area contributed by atoms with Crippen molar-refractivity contribution < 1.29 is 14.0 Å². The second-order valence-electron chi connectivity index (χ2n) is 7.37. The molecule has 2 aromatic carbocycles. The van der Waals surface area contributed by atoms with Crippen molar-refractivity contribution in [3.63, 3.8) is 0 Å². The fourth-order valence-corrected chi connectivity index (χ4v) is 3.08. The number of carbonyl (C=O) groups excluding carboxylic acids is 2. The maximum Gasteiger partial charge on any atom is 0.238 e. The van der Waals surface area contributed by atoms with Crippen LogP contribution in [0.5, 0.6) is 0 Å². The first-order valence-electron chi connectivity index (χ1n) is 9.57. The molecular formula is C22H26FN3O2. The molecule has 0 bridgehead atoms. The van der Waals surface area contributed by atoms with Crippen molar-refractivity contribution in [2.75, 3.05) is 23.7 Å². The molecule has 5 nitrogen and oxygen atoms in total. The van der Waals surface area contributed by atoms with E-state index in [-0.39, 0.29) is 30.6 Å². The molecule has 0 heterocycles. The fourth-order valence-electron chi connectivity index (χ4n) is 3.08. The van der Waals surface area contributed by atoms with Gasteiger partial charge in [0.1, 0.15) is 5.82 Å². The normalized spacial score (nSPS) is 13.4. The molecule has 0 aromatic heterocycles. The van der Waals surface area contributed by atoms with Gasteiger partial charge in [0.2, 0.25) is 11.8 Å². The van der Waals surface area contributed by atoms with E-state index in [1.165, 1.54) is 24.3 Å². The van der Waals surface area contributed by atoms with Crippen LogP contribution in [0.15, 0.2) is 42.5 Å². The van der Waals surface area contributed by atoms with E-state index in [0.717, 1.165) is 29.7 Å². The Balaban J connectivity index is 1.50. The lowest BCUT2D eigenvalue weighted by Gasteiger charge is -2.21. The van der Waals surface area contributed by atoms with Crippen LogP contribution in [0.1, 0.15) is 30.4 Å². The molecule has 0 aliphatic heterocycles. The van der Waals surface area contributed by atoms with Gasteiger partial charge in [-0.1, -0.05) is 12.1 Å². The Morgan fingerprint density at radius 2 is 1.75 bits per heavy atom. The maximum atomic E-state index is 12.9. The van der Waals surface area contributed by atoms with Gasteiger partial charge in [0, 0.05) is 30.4 Å². The molecule has 1 aliphatic rings. The first-order chi connectivity index (χ1) is 13.4. The summed E-state index contributed by atoms with van der Waals surface area (Å²) in [5.41, 5.74) is 3.51. The molecule has 0 radical (unpaired) electrons. The maximum absolute atomic E-state index is 12.9. The van der Waals surface area contributed by atoms with Crippen LogP contribution in [0.3, 0.4) is 0 Å². The summed E-state index contributed by atoms with van der Waals surface area (Å²) in [6.07, 6.45) is 2.39. The third-order valence-electron chi connectivity index (χ3n) is 4.83. The van der Waals surface area contributed by atoms with Gasteiger partial charge in [0.05, 0.1) is 6.54 Å². The predicted molar refractivity (Wildman–Crippen MR) is 109 cm³/mol. The molecule has 0 saturated heterocycles. The number of nitrogens with one attached hydrogen (secondary N) is 2. The molecule has 1 fully saturated rings. The SMILES string of the molecule is Cc1ccc(C)c(NC(=O)CN(CCC(=O)Nc2ccc(F)cc2)C2CC2)c1. The lowest BCUT2D eigenvalue weighted by molar-refractivity contribution is -0.119. The summed E-state index contributed by atoms with van der Waals surface area (Å²) in [6.45, 7) is 4.73. The smallest absolute Gasteiger partial charge is 0.238 e. The number of nitrogens with zero attached hydrogens (tertiary/aromatic N) is 1. The summed E-state index contributed by atoms with van der Waals surface area (Å²) in [5.74, 6) is -0.556. The van der Waals surface area contributed by atoms with Crippen LogP contribution >= 0.6 is 0 Å². The average molecular weight is 383 g/mol. The summed E-state index contributed by atoms with van der Waals surface area (Å²) in [4.78, 5) is 26.7. The number of hydrogen-bond donors (Lipinski definition) is 2. The molecular weight excluding hydrogens is 357 g/mol. The van der Waals surface area contributed by atoms with Gasteiger partial charge in [-0.3, -0.25) is 14.5 Å². The van der Waals surface area contributed by atoms with Gasteiger partial charge in [-0.25, -0.2) is 4.39 Å². The molecule has 1 saturated carbocycles. The minimum Gasteiger partial charge on any atom is -0.326 e. The summed E-state index contributed by atoms with van der Waals surface area (Å²) in [7, 11) is 0. The second-order valence-corrected chi connectivity index (χ2v) is 7.37. The van der Waals surface area contributed by atoms with E-state index < -0.39 is 0 Å². The number of amides is 2. The number of benzene rings is 2. The van der Waals surface area contributed by atoms with Gasteiger partial charge in [-0.2, -0.15) is 0 Å². The number of anilines is 2. The molecule has 1 aliphatic carbocycles. The summed E-state index contributed by atoms with van der Waals surface area (Å²) >= 11 is 0. The Morgan fingerprint density at radius 1 is 1.04 bits per heavy atom. The van der Waals surface area contributed by atoms with Crippen molar-refractivity contribution in [2.45, 2.75) is 39.2 Å². The second kappa shape index (κ2) is 8.97. The molecule has 2 aromatic rings. The third-order valence-corrected chi connectivity index (χ3v) is 4.83. The largest absolute Gasteiger partial charge is 0.326 e. The molecule has 2 amide bonds. The standard InChI is InChI=1S/C22H26FN3O2/c1-15-3-4-16(2)20(13-15)25-22(28)14-26(19-9-10-19)12-11-21(27)24-18-7-5-17(23)6-8-18/h3-8,13,19H,9-12,14H2,1-2H3,(H,24,27)(H,25,28). The number of carbonyl (C=O) groups is 2. The van der Waals surface area contributed by atoms with E-state index in [0.29, 0.717) is 18.3 Å². The lowest BCUT2D eigenvalue weighted by atomic mass is 10.1. The van der Waals surface area contributed by atoms with Crippen LogP contribution in [0.4, 0.5) is 15.8 Å². The highest BCUT2D eigenvalue weighted by Crippen LogP contribution is 2.27. The van der Waals surface area contributed by atoms with Gasteiger partial charge < -0.3 is 10.6 Å². The first kappa shape index (κ1) is 20.0. The molecule has 3 rings (SSSR count). The van der Waals surface area contributed by atoms with Crippen LogP contribution in [0.2, 0.25) is 0 Å². The Hall–Kier alpha value is -2.73. The first-order valence-corrected chi connectivity index (χ1v) is 9.57. The van der Waals surface area contributed by atoms with Crippen LogP contribution in [-0.2, 0) is 9.59 Å². The van der Waals surface area contributed by atoms with Crippen molar-refractivity contribution in [1.82, 2.24) is 4.90 Å². The minimum atomic E-state index is -0.340. The van der Waals surface area contributed by atoms with E-state index in [1.807, 2.05) is 32.0 Å². The summed E-state index contributed by atoms with van der Waals surface area (Å²) in [6, 6.07) is 12.0. The third kappa shape index (κ3) is 5.89. The van der Waals surface area contributed by atoms with E-state index in [2.05, 4.69) is 15.5 Å². The van der Waals surface area contributed by atoms with Crippen molar-refractivity contribution >= 4 is 23.2 Å². The highest BCUT2D eigenvalue weighted by molar-refractivity contribution is 5.93. The fraction of sp³-hybridized carbons (Fsp3) is 0.364. The highest BCUT2D eigenvalue weighted by Gasteiger charge is 2.30. The number of rotatable bonds is 8. The van der Waals surface area contributed by atoms with Crippen LogP contribution in [-0.4, -0.2) is 35.8 Å². The van der Waals surface area contributed by atoms with Gasteiger partial charge in [0.25, 0.3) is 0 Å². The molecule has 148 valence electrons. The van der Waals surface area contributed by atoms with E-state index in [9.17, 15) is 14.0 Å². The van der Waals surface area contributed by atoms with Gasteiger partial charge in [-0.05, 0) is 68.1 Å². The number of hydrogen-bond acceptors (Lipinski definition) is 3. The zero-order chi connectivity index (χ0) is 20.1. The number of aryl methyl sites for hydroxylation is 2. The van der Waals surface area contributed by atoms with Crippen molar-refractivity contribution in [3.05, 3.63) is 59.4 Å². The molecule has 28 heavy (non-hydrogen) atoms. The Bertz CT molecular complexity index is 847. The average Bonchev–Trinajstić information content (AvgIpc) is 3.49. The minimum absolute atomic E-state index is 0.0699. The van der Waals surface area contributed by atoms with E-state index in [4.69, 9.17) is 0 Å². The number of halogens is 1. The van der Waals surface area contributed by atoms with Gasteiger partial charge in [-0.15, -0.1) is 0 Å². The molecule has 0 atom stereocenters. The zero-order valence-corrected chi connectivity index (χ0v) is 16.3. The van der Waals surface area contributed by atoms with Crippen LogP contribution in [0.25, 0.3) is 0 Å². The van der Waals surface area contributed by atoms with Gasteiger partial charge >= 0.3 is 0 Å². The molecule has 0 spiro atoms. The lowest BCUT2D eigenvalue weighted by Crippen LogP contribution is -2.37. The Morgan fingerprint density at radius 3 is 2.43 bits per heavy atom. The Labute approximate surface area is 164 Å². The monoisotopic (exact) mass is 383 g/mol. The van der Waals surface area contributed by atoms with Crippen LogP contribution < -0.4 is 10.6 Å². The molecule has 6 heteroatoms. The topological polar surface area (TPSA) is 61.4 Å². The van der Waals surface area contributed by atoms with Crippen LogP contribution in [0, 0.1) is 19.7 Å². The summed E-state index contributed by atoms with van der Waals surface area (Å²) in [5, 5.41) is 5.74. The predicted octanol–water partition coefficient (Wildman–Crippen LogP) is 3.87. The summed E-state index contributed by atoms with van der Waals surface area (Å²) < 4.78 is 12.9. The highest BCUT2D eigenvalue weighted by atomic mass is 19.1. The van der Waals surface area contributed by atoms with Gasteiger partial charge in [0.15, 0.2) is 0 Å². The molecule has 2 N–H and O–H groups in total. The molecule has 0 unspecified atom stereocenters. The quantitative estimate of drug-likeness (QED) is 0.727. The van der Waals surface area contributed by atoms with E-state index >= 15 is 0 Å². The van der Waals surface area contributed by atoms with Crippen molar-refractivity contribution in [3.8, 4) is 0 Å². The Kier molecular flexibility index (Phi) is 6.41. The van der Waals surface area contributed by atoms with Crippen molar-refractivity contribution in [2.24, 2.45) is 0 Å². The van der Waals surface area contributed by atoms with E-state index in [1.54, 1.807) is 0 Å².